The van der Waals surface area contributed by atoms with Gasteiger partial charge in [0.15, 0.2) is 6.61 Å². The molecule has 0 heterocycles. The number of hydrogen-bond acceptors (Lipinski definition) is 3. The molecule has 0 atom stereocenters. The minimum absolute atomic E-state index is 0.000991. The van der Waals surface area contributed by atoms with Gasteiger partial charge in [-0.1, -0.05) is 6.07 Å². The molecule has 1 rings (SSSR count). The Morgan fingerprint density at radius 3 is 2.65 bits per heavy atom. The van der Waals surface area contributed by atoms with Crippen LogP contribution in [-0.2, 0) is 4.79 Å². The number of aryl methyl sites for hydroxylation is 2. The molecule has 0 spiro atoms. The van der Waals surface area contributed by atoms with E-state index in [1.54, 1.807) is 7.05 Å². The fourth-order valence-corrected chi connectivity index (χ4v) is 1.33. The van der Waals surface area contributed by atoms with Gasteiger partial charge in [-0.25, -0.2) is 0 Å². The molecule has 0 aliphatic rings. The highest BCUT2D eigenvalue weighted by Crippen LogP contribution is 2.16. The first-order valence-corrected chi connectivity index (χ1v) is 5.59. The Kier molecular flexibility index (Phi) is 4.97. The largest absolute Gasteiger partial charge is 0.484 e. The highest BCUT2D eigenvalue weighted by Gasteiger charge is 2.08. The van der Waals surface area contributed by atoms with Gasteiger partial charge in [0.1, 0.15) is 5.75 Å². The third kappa shape index (κ3) is 4.07. The van der Waals surface area contributed by atoms with Crippen LogP contribution in [-0.4, -0.2) is 42.7 Å². The Bertz CT molecular complexity index is 390. The predicted molar refractivity (Wildman–Crippen MR) is 66.1 cm³/mol. The second kappa shape index (κ2) is 6.25. The Hall–Kier alpha value is -1.55. The van der Waals surface area contributed by atoms with Crippen molar-refractivity contribution in [2.75, 3.05) is 26.8 Å². The molecule has 4 heteroatoms. The van der Waals surface area contributed by atoms with Gasteiger partial charge >= 0.3 is 0 Å². The summed E-state index contributed by atoms with van der Waals surface area (Å²) in [7, 11) is 1.64. The number of hydrogen-bond donors (Lipinski definition) is 1. The normalized spacial score (nSPS) is 10.1. The third-order valence-electron chi connectivity index (χ3n) is 2.70. The van der Waals surface area contributed by atoms with E-state index in [1.807, 2.05) is 32.0 Å². The van der Waals surface area contributed by atoms with Crippen LogP contribution in [0.15, 0.2) is 18.2 Å². The quantitative estimate of drug-likeness (QED) is 0.835. The van der Waals surface area contributed by atoms with Crippen LogP contribution in [0.5, 0.6) is 5.75 Å². The molecule has 0 bridgehead atoms. The topological polar surface area (TPSA) is 49.8 Å². The summed E-state index contributed by atoms with van der Waals surface area (Å²) >= 11 is 0. The van der Waals surface area contributed by atoms with Crippen LogP contribution < -0.4 is 4.74 Å². The summed E-state index contributed by atoms with van der Waals surface area (Å²) in [4.78, 5) is 13.0. The average Bonchev–Trinajstić information content (AvgIpc) is 2.30. The van der Waals surface area contributed by atoms with E-state index < -0.39 is 0 Å². The van der Waals surface area contributed by atoms with Crippen molar-refractivity contribution in [2.24, 2.45) is 0 Å². The van der Waals surface area contributed by atoms with E-state index in [2.05, 4.69) is 0 Å². The second-order valence-corrected chi connectivity index (χ2v) is 4.07. The molecule has 1 amide bonds. The van der Waals surface area contributed by atoms with Crippen molar-refractivity contribution < 1.29 is 14.6 Å². The molecule has 17 heavy (non-hydrogen) atoms. The number of ether oxygens (including phenoxy) is 1. The lowest BCUT2D eigenvalue weighted by molar-refractivity contribution is -0.132. The van der Waals surface area contributed by atoms with E-state index in [0.717, 1.165) is 5.56 Å². The van der Waals surface area contributed by atoms with Crippen LogP contribution in [0.4, 0.5) is 0 Å². The number of carbonyl (C=O) groups is 1. The van der Waals surface area contributed by atoms with Gasteiger partial charge in [-0.05, 0) is 37.1 Å². The summed E-state index contributed by atoms with van der Waals surface area (Å²) < 4.78 is 5.40. The maximum absolute atomic E-state index is 11.5. The zero-order chi connectivity index (χ0) is 12.8. The molecule has 1 aromatic rings. The van der Waals surface area contributed by atoms with Crippen molar-refractivity contribution in [3.8, 4) is 5.75 Å². The first-order valence-electron chi connectivity index (χ1n) is 5.59. The van der Waals surface area contributed by atoms with Crippen molar-refractivity contribution >= 4 is 5.91 Å². The van der Waals surface area contributed by atoms with Crippen LogP contribution in [0.3, 0.4) is 0 Å². The third-order valence-corrected chi connectivity index (χ3v) is 2.70. The van der Waals surface area contributed by atoms with E-state index in [1.165, 1.54) is 10.5 Å². The summed E-state index contributed by atoms with van der Waals surface area (Å²) in [5.41, 5.74) is 2.33. The van der Waals surface area contributed by atoms with Crippen molar-refractivity contribution in [3.05, 3.63) is 29.3 Å². The molecule has 0 radical (unpaired) electrons. The number of aliphatic hydroxyl groups is 1. The number of likely N-dealkylation sites (N-methyl/N-ethyl adjacent to an activating group) is 1. The monoisotopic (exact) mass is 237 g/mol. The molecule has 0 saturated heterocycles. The minimum Gasteiger partial charge on any atom is -0.484 e. The molecule has 0 aliphatic carbocycles. The van der Waals surface area contributed by atoms with Crippen LogP contribution in [0, 0.1) is 13.8 Å². The maximum Gasteiger partial charge on any atom is 0.260 e. The van der Waals surface area contributed by atoms with Gasteiger partial charge < -0.3 is 14.7 Å². The first-order chi connectivity index (χ1) is 8.04. The van der Waals surface area contributed by atoms with Crippen LogP contribution in [0.1, 0.15) is 11.1 Å². The highest BCUT2D eigenvalue weighted by atomic mass is 16.5. The smallest absolute Gasteiger partial charge is 0.260 e. The van der Waals surface area contributed by atoms with Gasteiger partial charge in [0.25, 0.3) is 5.91 Å². The molecular formula is C13H19NO3. The number of carbonyl (C=O) groups excluding carboxylic acids is 1. The molecule has 1 aromatic carbocycles. The Morgan fingerprint density at radius 1 is 1.35 bits per heavy atom. The first kappa shape index (κ1) is 13.5. The summed E-state index contributed by atoms with van der Waals surface area (Å²) in [6.07, 6.45) is 0. The van der Waals surface area contributed by atoms with Crippen molar-refractivity contribution in [2.45, 2.75) is 13.8 Å². The number of amides is 1. The molecule has 1 N–H and O–H groups in total. The van der Waals surface area contributed by atoms with Gasteiger partial charge in [0, 0.05) is 13.6 Å². The van der Waals surface area contributed by atoms with E-state index in [-0.39, 0.29) is 19.1 Å². The fourth-order valence-electron chi connectivity index (χ4n) is 1.33. The van der Waals surface area contributed by atoms with Gasteiger partial charge in [-0.15, -0.1) is 0 Å². The molecule has 0 aromatic heterocycles. The standard InChI is InChI=1S/C13H19NO3/c1-10-4-5-12(8-11(10)2)17-9-13(16)14(3)6-7-15/h4-5,8,15H,6-7,9H2,1-3H3. The van der Waals surface area contributed by atoms with E-state index in [0.29, 0.717) is 12.3 Å². The second-order valence-electron chi connectivity index (χ2n) is 4.07. The number of rotatable bonds is 5. The minimum atomic E-state index is -0.141. The molecule has 0 fully saturated rings. The number of benzene rings is 1. The Morgan fingerprint density at radius 2 is 2.06 bits per heavy atom. The molecule has 0 aliphatic heterocycles. The molecular weight excluding hydrogens is 218 g/mol. The molecule has 0 unspecified atom stereocenters. The SMILES string of the molecule is Cc1ccc(OCC(=O)N(C)CCO)cc1C. The van der Waals surface area contributed by atoms with Gasteiger partial charge in [0.05, 0.1) is 6.61 Å². The predicted octanol–water partition coefficient (Wildman–Crippen LogP) is 1.13. The highest BCUT2D eigenvalue weighted by molar-refractivity contribution is 5.77. The van der Waals surface area contributed by atoms with E-state index in [9.17, 15) is 4.79 Å². The summed E-state index contributed by atoms with van der Waals surface area (Å²) in [6.45, 7) is 4.32. The maximum atomic E-state index is 11.5. The van der Waals surface area contributed by atoms with Crippen LogP contribution >= 0.6 is 0 Å². The van der Waals surface area contributed by atoms with Gasteiger partial charge in [0.2, 0.25) is 0 Å². The van der Waals surface area contributed by atoms with Gasteiger partial charge in [-0.2, -0.15) is 0 Å². The number of aliphatic hydroxyl groups excluding tert-OH is 1. The summed E-state index contributed by atoms with van der Waals surface area (Å²) in [5, 5.41) is 8.70. The van der Waals surface area contributed by atoms with Gasteiger partial charge in [-0.3, -0.25) is 4.79 Å². The van der Waals surface area contributed by atoms with E-state index >= 15 is 0 Å². The fraction of sp³-hybridized carbons (Fsp3) is 0.462. The van der Waals surface area contributed by atoms with Crippen molar-refractivity contribution in [1.29, 1.82) is 0 Å². The zero-order valence-electron chi connectivity index (χ0n) is 10.6. The lowest BCUT2D eigenvalue weighted by Gasteiger charge is -2.16. The summed E-state index contributed by atoms with van der Waals surface area (Å²) in [5.74, 6) is 0.552. The molecule has 0 saturated carbocycles. The van der Waals surface area contributed by atoms with Crippen LogP contribution in [0.2, 0.25) is 0 Å². The molecule has 4 nitrogen and oxygen atoms in total. The van der Waals surface area contributed by atoms with Crippen molar-refractivity contribution in [1.82, 2.24) is 4.90 Å². The lowest BCUT2D eigenvalue weighted by atomic mass is 10.1. The average molecular weight is 237 g/mol. The zero-order valence-corrected chi connectivity index (χ0v) is 10.6. The van der Waals surface area contributed by atoms with E-state index in [4.69, 9.17) is 9.84 Å². The molecule has 94 valence electrons. The van der Waals surface area contributed by atoms with Crippen molar-refractivity contribution in [3.63, 3.8) is 0 Å². The summed E-state index contributed by atoms with van der Waals surface area (Å²) in [6, 6.07) is 5.73. The Balaban J connectivity index is 2.50. The lowest BCUT2D eigenvalue weighted by Crippen LogP contribution is -2.33. The Labute approximate surface area is 102 Å². The van der Waals surface area contributed by atoms with Crippen LogP contribution in [0.25, 0.3) is 0 Å². The number of nitrogens with zero attached hydrogens (tertiary/aromatic N) is 1.